The molecule has 3 N–H and O–H groups in total. The Labute approximate surface area is 86.1 Å². The fourth-order valence-corrected chi connectivity index (χ4v) is 1.52. The van der Waals surface area contributed by atoms with Gasteiger partial charge in [-0.05, 0) is 6.42 Å². The molecule has 1 aromatic heterocycles. The van der Waals surface area contributed by atoms with Crippen molar-refractivity contribution in [3.05, 3.63) is 17.5 Å². The maximum absolute atomic E-state index is 9.54. The Hall–Kier alpha value is -0.950. The molecule has 0 radical (unpaired) electrons. The molecule has 4 atom stereocenters. The third-order valence-corrected chi connectivity index (χ3v) is 2.46. The SMILES string of the molecule is CCc1cc([C@H]2OC(O)[C@H](O)[C@@H]2O)on1. The molecule has 1 aromatic rings. The minimum absolute atomic E-state index is 0.315. The van der Waals surface area contributed by atoms with E-state index >= 15 is 0 Å². The molecule has 0 amide bonds. The highest BCUT2D eigenvalue weighted by molar-refractivity contribution is 5.11. The average Bonchev–Trinajstić information content (AvgIpc) is 2.79. The van der Waals surface area contributed by atoms with Crippen LogP contribution in [0, 0.1) is 0 Å². The lowest BCUT2D eigenvalue weighted by atomic mass is 10.1. The van der Waals surface area contributed by atoms with Crippen molar-refractivity contribution in [3.63, 3.8) is 0 Å². The monoisotopic (exact) mass is 215 g/mol. The Morgan fingerprint density at radius 1 is 1.33 bits per heavy atom. The van der Waals surface area contributed by atoms with Gasteiger partial charge in [-0.1, -0.05) is 12.1 Å². The third-order valence-electron chi connectivity index (χ3n) is 2.46. The highest BCUT2D eigenvalue weighted by Crippen LogP contribution is 2.32. The van der Waals surface area contributed by atoms with E-state index in [1.54, 1.807) is 6.07 Å². The first kappa shape index (κ1) is 10.6. The Kier molecular flexibility index (Phi) is 2.74. The van der Waals surface area contributed by atoms with Gasteiger partial charge in [-0.2, -0.15) is 0 Å². The van der Waals surface area contributed by atoms with E-state index in [2.05, 4.69) is 5.16 Å². The lowest BCUT2D eigenvalue weighted by molar-refractivity contribution is -0.131. The van der Waals surface area contributed by atoms with Gasteiger partial charge in [-0.15, -0.1) is 0 Å². The van der Waals surface area contributed by atoms with Gasteiger partial charge in [0.25, 0.3) is 0 Å². The van der Waals surface area contributed by atoms with Crippen molar-refractivity contribution in [1.29, 1.82) is 0 Å². The highest BCUT2D eigenvalue weighted by Gasteiger charge is 2.44. The highest BCUT2D eigenvalue weighted by atomic mass is 16.6. The first-order chi connectivity index (χ1) is 7.13. The summed E-state index contributed by atoms with van der Waals surface area (Å²) < 4.78 is 9.90. The topological polar surface area (TPSA) is 96.0 Å². The van der Waals surface area contributed by atoms with Gasteiger partial charge in [0.1, 0.15) is 18.3 Å². The van der Waals surface area contributed by atoms with Crippen LogP contribution >= 0.6 is 0 Å². The normalized spacial score (nSPS) is 36.0. The number of hydrogen-bond acceptors (Lipinski definition) is 6. The molecule has 1 aliphatic rings. The Bertz CT molecular complexity index is 339. The molecular weight excluding hydrogens is 202 g/mol. The van der Waals surface area contributed by atoms with Crippen LogP contribution < -0.4 is 0 Å². The summed E-state index contributed by atoms with van der Waals surface area (Å²) in [5.41, 5.74) is 0.733. The van der Waals surface area contributed by atoms with Gasteiger partial charge in [0.15, 0.2) is 12.1 Å². The van der Waals surface area contributed by atoms with Crippen molar-refractivity contribution >= 4 is 0 Å². The molecule has 0 aliphatic carbocycles. The summed E-state index contributed by atoms with van der Waals surface area (Å²) in [5.74, 6) is 0.315. The number of nitrogens with zero attached hydrogens (tertiary/aromatic N) is 1. The molecule has 0 aromatic carbocycles. The van der Waals surface area contributed by atoms with E-state index in [9.17, 15) is 10.2 Å². The molecule has 84 valence electrons. The first-order valence-corrected chi connectivity index (χ1v) is 4.78. The molecule has 6 heteroatoms. The van der Waals surface area contributed by atoms with E-state index in [1.165, 1.54) is 0 Å². The average molecular weight is 215 g/mol. The molecule has 2 rings (SSSR count). The van der Waals surface area contributed by atoms with Crippen molar-refractivity contribution in [2.75, 3.05) is 0 Å². The van der Waals surface area contributed by atoms with Gasteiger partial charge < -0.3 is 24.6 Å². The summed E-state index contributed by atoms with van der Waals surface area (Å²) in [6.45, 7) is 1.91. The fourth-order valence-electron chi connectivity index (χ4n) is 1.52. The fraction of sp³-hybridized carbons (Fsp3) is 0.667. The van der Waals surface area contributed by atoms with Crippen molar-refractivity contribution in [1.82, 2.24) is 5.16 Å². The first-order valence-electron chi connectivity index (χ1n) is 4.78. The zero-order valence-electron chi connectivity index (χ0n) is 8.20. The Balaban J connectivity index is 2.17. The van der Waals surface area contributed by atoms with Crippen molar-refractivity contribution in [3.8, 4) is 0 Å². The van der Waals surface area contributed by atoms with Crippen LogP contribution in [0.15, 0.2) is 10.6 Å². The number of aliphatic hydroxyl groups is 3. The van der Waals surface area contributed by atoms with E-state index in [1.807, 2.05) is 6.92 Å². The summed E-state index contributed by atoms with van der Waals surface area (Å²) in [6.07, 6.45) is -4.05. The number of aryl methyl sites for hydroxylation is 1. The minimum Gasteiger partial charge on any atom is -0.387 e. The number of rotatable bonds is 2. The Morgan fingerprint density at radius 2 is 2.07 bits per heavy atom. The lowest BCUT2D eigenvalue weighted by Crippen LogP contribution is -2.29. The summed E-state index contributed by atoms with van der Waals surface area (Å²) in [7, 11) is 0. The number of aliphatic hydroxyl groups excluding tert-OH is 3. The minimum atomic E-state index is -1.39. The van der Waals surface area contributed by atoms with E-state index in [0.717, 1.165) is 5.69 Å². The smallest absolute Gasteiger partial charge is 0.184 e. The van der Waals surface area contributed by atoms with Gasteiger partial charge in [-0.3, -0.25) is 0 Å². The Morgan fingerprint density at radius 3 is 2.53 bits per heavy atom. The predicted molar refractivity (Wildman–Crippen MR) is 47.7 cm³/mol. The molecule has 1 fully saturated rings. The number of hydrogen-bond donors (Lipinski definition) is 3. The van der Waals surface area contributed by atoms with Gasteiger partial charge in [0.2, 0.25) is 0 Å². The van der Waals surface area contributed by atoms with Crippen LogP contribution in [0.1, 0.15) is 24.5 Å². The third kappa shape index (κ3) is 1.76. The van der Waals surface area contributed by atoms with Crippen LogP contribution in [0.4, 0.5) is 0 Å². The zero-order chi connectivity index (χ0) is 11.0. The summed E-state index contributed by atoms with van der Waals surface area (Å²) >= 11 is 0. The second kappa shape index (κ2) is 3.90. The molecular formula is C9H13NO5. The summed E-state index contributed by atoms with van der Waals surface area (Å²) in [6, 6.07) is 1.64. The van der Waals surface area contributed by atoms with Gasteiger partial charge in [0, 0.05) is 6.07 Å². The van der Waals surface area contributed by atoms with Crippen LogP contribution in [0.5, 0.6) is 0 Å². The summed E-state index contributed by atoms with van der Waals surface area (Å²) in [4.78, 5) is 0. The van der Waals surface area contributed by atoms with Gasteiger partial charge in [0.05, 0.1) is 5.69 Å². The largest absolute Gasteiger partial charge is 0.387 e. The molecule has 6 nitrogen and oxygen atoms in total. The van der Waals surface area contributed by atoms with Crippen LogP contribution in [0.25, 0.3) is 0 Å². The van der Waals surface area contributed by atoms with Gasteiger partial charge in [-0.25, -0.2) is 0 Å². The predicted octanol–water partition coefficient (Wildman–Crippen LogP) is -0.651. The van der Waals surface area contributed by atoms with Crippen molar-refractivity contribution in [2.24, 2.45) is 0 Å². The maximum Gasteiger partial charge on any atom is 0.184 e. The van der Waals surface area contributed by atoms with E-state index in [0.29, 0.717) is 12.2 Å². The standard InChI is InChI=1S/C9H13NO5/c1-2-4-3-5(15-10-4)8-6(11)7(12)9(13)14-8/h3,6-9,11-13H,2H2,1H3/t6-,7+,8+,9?/m0/s1. The molecule has 0 spiro atoms. The van der Waals surface area contributed by atoms with Crippen molar-refractivity contribution in [2.45, 2.75) is 37.9 Å². The number of aromatic nitrogens is 1. The van der Waals surface area contributed by atoms with Crippen LogP contribution in [0.3, 0.4) is 0 Å². The van der Waals surface area contributed by atoms with Crippen molar-refractivity contribution < 1.29 is 24.6 Å². The quantitative estimate of drug-likeness (QED) is 0.606. The molecule has 1 aliphatic heterocycles. The number of ether oxygens (including phenoxy) is 1. The van der Waals surface area contributed by atoms with Gasteiger partial charge >= 0.3 is 0 Å². The molecule has 0 saturated carbocycles. The zero-order valence-corrected chi connectivity index (χ0v) is 8.20. The van der Waals surface area contributed by atoms with Crippen LogP contribution in [-0.2, 0) is 11.2 Å². The molecule has 15 heavy (non-hydrogen) atoms. The van der Waals surface area contributed by atoms with Crippen LogP contribution in [0.2, 0.25) is 0 Å². The van der Waals surface area contributed by atoms with E-state index in [4.69, 9.17) is 14.4 Å². The molecule has 2 heterocycles. The molecule has 1 saturated heterocycles. The second-order valence-corrected chi connectivity index (χ2v) is 3.50. The second-order valence-electron chi connectivity index (χ2n) is 3.50. The molecule has 1 unspecified atom stereocenters. The lowest BCUT2D eigenvalue weighted by Gasteiger charge is -2.09. The van der Waals surface area contributed by atoms with Crippen LogP contribution in [-0.4, -0.2) is 39.0 Å². The molecule has 0 bridgehead atoms. The van der Waals surface area contributed by atoms with E-state index in [-0.39, 0.29) is 0 Å². The van der Waals surface area contributed by atoms with E-state index < -0.39 is 24.6 Å². The maximum atomic E-state index is 9.54. The summed E-state index contributed by atoms with van der Waals surface area (Å²) in [5, 5.41) is 31.7.